The normalized spacial score (nSPS) is 10.2. The van der Waals surface area contributed by atoms with Crippen LogP contribution in [0.2, 0.25) is 10.0 Å². The molecule has 0 bridgehead atoms. The Morgan fingerprint density at radius 2 is 1.72 bits per heavy atom. The Balaban J connectivity index is 1.80. The Morgan fingerprint density at radius 3 is 2.32 bits per heavy atom. The van der Waals surface area contributed by atoms with Crippen LogP contribution in [0.4, 0.5) is 0 Å². The lowest BCUT2D eigenvalue weighted by molar-refractivity contribution is -0.124. The van der Waals surface area contributed by atoms with Gasteiger partial charge in [-0.25, -0.2) is 4.79 Å². The Labute approximate surface area is 155 Å². The van der Waals surface area contributed by atoms with Gasteiger partial charge in [0.25, 0.3) is 5.91 Å². The van der Waals surface area contributed by atoms with Crippen molar-refractivity contribution < 1.29 is 19.1 Å². The second-order valence-corrected chi connectivity index (χ2v) is 5.95. The molecule has 0 aliphatic heterocycles. The molecule has 5 nitrogen and oxygen atoms in total. The summed E-state index contributed by atoms with van der Waals surface area (Å²) in [5.41, 5.74) is 1.26. The van der Waals surface area contributed by atoms with Crippen molar-refractivity contribution in [2.24, 2.45) is 0 Å². The average molecular weight is 382 g/mol. The van der Waals surface area contributed by atoms with Crippen LogP contribution in [0, 0.1) is 0 Å². The van der Waals surface area contributed by atoms with E-state index in [1.54, 1.807) is 0 Å². The average Bonchev–Trinajstić information content (AvgIpc) is 2.60. The first kappa shape index (κ1) is 19.1. The van der Waals surface area contributed by atoms with Crippen molar-refractivity contribution >= 4 is 35.1 Å². The minimum Gasteiger partial charge on any atom is -0.494 e. The maximum Gasteiger partial charge on any atom is 0.338 e. The molecule has 0 heterocycles. The van der Waals surface area contributed by atoms with E-state index in [2.05, 4.69) is 5.32 Å². The van der Waals surface area contributed by atoms with E-state index in [1.807, 2.05) is 30.3 Å². The molecule has 0 saturated carbocycles. The third-order valence-electron chi connectivity index (χ3n) is 3.35. The molecule has 132 valence electrons. The summed E-state index contributed by atoms with van der Waals surface area (Å²) in [5.74, 6) is -0.793. The van der Waals surface area contributed by atoms with Crippen molar-refractivity contribution in [3.8, 4) is 5.75 Å². The fraction of sp³-hybridized carbons (Fsp3) is 0.222. The molecule has 0 fully saturated rings. The van der Waals surface area contributed by atoms with E-state index in [0.29, 0.717) is 13.0 Å². The fourth-order valence-corrected chi connectivity index (χ4v) is 2.77. The van der Waals surface area contributed by atoms with Gasteiger partial charge < -0.3 is 14.8 Å². The van der Waals surface area contributed by atoms with Crippen LogP contribution in [-0.4, -0.2) is 32.1 Å². The number of hydrogen-bond acceptors (Lipinski definition) is 4. The molecule has 0 aliphatic carbocycles. The third-order valence-corrected chi connectivity index (χ3v) is 3.91. The molecule has 1 amide bonds. The summed E-state index contributed by atoms with van der Waals surface area (Å²) in [7, 11) is 1.42. The predicted molar refractivity (Wildman–Crippen MR) is 96.5 cm³/mol. The second kappa shape index (κ2) is 9.30. The van der Waals surface area contributed by atoms with Crippen molar-refractivity contribution in [1.29, 1.82) is 0 Å². The first-order valence-corrected chi connectivity index (χ1v) is 8.27. The number of ether oxygens (including phenoxy) is 2. The molecule has 2 aromatic carbocycles. The Kier molecular flexibility index (Phi) is 7.10. The first-order valence-electron chi connectivity index (χ1n) is 7.52. The fourth-order valence-electron chi connectivity index (χ4n) is 2.13. The van der Waals surface area contributed by atoms with Crippen LogP contribution in [0.1, 0.15) is 15.9 Å². The smallest absolute Gasteiger partial charge is 0.338 e. The van der Waals surface area contributed by atoms with E-state index < -0.39 is 5.97 Å². The van der Waals surface area contributed by atoms with E-state index in [9.17, 15) is 9.59 Å². The van der Waals surface area contributed by atoms with Gasteiger partial charge in [-0.2, -0.15) is 0 Å². The molecular formula is C18H17Cl2NO4. The van der Waals surface area contributed by atoms with Gasteiger partial charge in [-0.1, -0.05) is 53.5 Å². The number of esters is 1. The Morgan fingerprint density at radius 1 is 1.08 bits per heavy atom. The standard InChI is InChI=1S/C18H17Cl2NO4/c1-24-17-14(19)9-13(10-15(17)20)18(23)25-11-16(22)21-8-7-12-5-3-2-4-6-12/h2-6,9-10H,7-8,11H2,1H3,(H,21,22). The van der Waals surface area contributed by atoms with Gasteiger partial charge in [0.2, 0.25) is 0 Å². The number of carbonyl (C=O) groups excluding carboxylic acids is 2. The van der Waals surface area contributed by atoms with Crippen LogP contribution < -0.4 is 10.1 Å². The molecule has 25 heavy (non-hydrogen) atoms. The van der Waals surface area contributed by atoms with Crippen molar-refractivity contribution in [2.45, 2.75) is 6.42 Å². The predicted octanol–water partition coefficient (Wildman–Crippen LogP) is 3.52. The van der Waals surface area contributed by atoms with Crippen LogP contribution in [0.3, 0.4) is 0 Å². The lowest BCUT2D eigenvalue weighted by Crippen LogP contribution is -2.30. The molecule has 0 saturated heterocycles. The van der Waals surface area contributed by atoms with Gasteiger partial charge in [0.15, 0.2) is 12.4 Å². The summed E-state index contributed by atoms with van der Waals surface area (Å²) >= 11 is 11.9. The molecule has 0 aromatic heterocycles. The lowest BCUT2D eigenvalue weighted by Gasteiger charge is -2.09. The van der Waals surface area contributed by atoms with Gasteiger partial charge in [-0.3, -0.25) is 4.79 Å². The number of carbonyl (C=O) groups is 2. The van der Waals surface area contributed by atoms with Crippen LogP contribution in [-0.2, 0) is 16.0 Å². The Hall–Kier alpha value is -2.24. The molecule has 0 unspecified atom stereocenters. The van der Waals surface area contributed by atoms with E-state index >= 15 is 0 Å². The van der Waals surface area contributed by atoms with Crippen molar-refractivity contribution in [3.05, 3.63) is 63.6 Å². The van der Waals surface area contributed by atoms with Gasteiger partial charge in [-0.15, -0.1) is 0 Å². The largest absolute Gasteiger partial charge is 0.494 e. The van der Waals surface area contributed by atoms with Crippen LogP contribution in [0.25, 0.3) is 0 Å². The topological polar surface area (TPSA) is 64.6 Å². The van der Waals surface area contributed by atoms with E-state index in [1.165, 1.54) is 19.2 Å². The maximum atomic E-state index is 12.0. The molecular weight excluding hydrogens is 365 g/mol. The van der Waals surface area contributed by atoms with E-state index in [-0.39, 0.29) is 33.9 Å². The van der Waals surface area contributed by atoms with E-state index in [0.717, 1.165) is 5.56 Å². The molecule has 2 rings (SSSR count). The van der Waals surface area contributed by atoms with Crippen LogP contribution in [0.5, 0.6) is 5.75 Å². The number of hydrogen-bond donors (Lipinski definition) is 1. The van der Waals surface area contributed by atoms with Crippen LogP contribution in [0.15, 0.2) is 42.5 Å². The minimum absolute atomic E-state index is 0.146. The monoisotopic (exact) mass is 381 g/mol. The summed E-state index contributed by atoms with van der Waals surface area (Å²) in [6, 6.07) is 12.5. The highest BCUT2D eigenvalue weighted by molar-refractivity contribution is 6.37. The zero-order valence-electron chi connectivity index (χ0n) is 13.6. The molecule has 1 N–H and O–H groups in total. The molecule has 0 spiro atoms. The summed E-state index contributed by atoms with van der Waals surface area (Å²) in [5, 5.41) is 3.07. The quantitative estimate of drug-likeness (QED) is 0.745. The number of benzene rings is 2. The zero-order valence-corrected chi connectivity index (χ0v) is 15.1. The number of halogens is 2. The van der Waals surface area contributed by atoms with Crippen molar-refractivity contribution in [1.82, 2.24) is 5.32 Å². The Bertz CT molecular complexity index is 727. The van der Waals surface area contributed by atoms with Crippen molar-refractivity contribution in [3.63, 3.8) is 0 Å². The lowest BCUT2D eigenvalue weighted by atomic mass is 10.1. The highest BCUT2D eigenvalue weighted by atomic mass is 35.5. The number of rotatable bonds is 7. The molecule has 2 aromatic rings. The van der Waals surface area contributed by atoms with Crippen molar-refractivity contribution in [2.75, 3.05) is 20.3 Å². The second-order valence-electron chi connectivity index (χ2n) is 5.13. The van der Waals surface area contributed by atoms with Gasteiger partial charge in [0.05, 0.1) is 22.7 Å². The minimum atomic E-state index is -0.690. The summed E-state index contributed by atoms with van der Waals surface area (Å²) in [6.45, 7) is 0.0788. The van der Waals surface area contributed by atoms with Gasteiger partial charge in [0, 0.05) is 6.54 Å². The highest BCUT2D eigenvalue weighted by Crippen LogP contribution is 2.33. The van der Waals surface area contributed by atoms with Gasteiger partial charge in [-0.05, 0) is 24.1 Å². The van der Waals surface area contributed by atoms with Gasteiger partial charge in [0.1, 0.15) is 0 Å². The summed E-state index contributed by atoms with van der Waals surface area (Å²) in [6.07, 6.45) is 0.699. The molecule has 0 atom stereocenters. The van der Waals surface area contributed by atoms with Gasteiger partial charge >= 0.3 is 5.97 Å². The number of nitrogens with one attached hydrogen (secondary N) is 1. The summed E-state index contributed by atoms with van der Waals surface area (Å²) < 4.78 is 9.98. The summed E-state index contributed by atoms with van der Waals surface area (Å²) in [4.78, 5) is 23.7. The SMILES string of the molecule is COc1c(Cl)cc(C(=O)OCC(=O)NCCc2ccccc2)cc1Cl. The van der Waals surface area contributed by atoms with E-state index in [4.69, 9.17) is 32.7 Å². The zero-order chi connectivity index (χ0) is 18.2. The molecule has 7 heteroatoms. The molecule has 0 radical (unpaired) electrons. The third kappa shape index (κ3) is 5.66. The maximum absolute atomic E-state index is 12.0. The number of methoxy groups -OCH3 is 1. The number of amides is 1. The first-order chi connectivity index (χ1) is 12.0. The van der Waals surface area contributed by atoms with Crippen LogP contribution >= 0.6 is 23.2 Å². The highest BCUT2D eigenvalue weighted by Gasteiger charge is 2.15. The molecule has 0 aliphatic rings.